The van der Waals surface area contributed by atoms with Gasteiger partial charge in [0, 0.05) is 30.8 Å². The van der Waals surface area contributed by atoms with E-state index in [4.69, 9.17) is 9.47 Å². The Morgan fingerprint density at radius 3 is 2.60 bits per heavy atom. The average molecular weight is 348 g/mol. The van der Waals surface area contributed by atoms with Crippen molar-refractivity contribution in [2.24, 2.45) is 22.7 Å². The van der Waals surface area contributed by atoms with Gasteiger partial charge < -0.3 is 9.47 Å². The van der Waals surface area contributed by atoms with Crippen molar-refractivity contribution in [2.75, 3.05) is 0 Å². The van der Waals surface area contributed by atoms with E-state index in [0.717, 1.165) is 50.6 Å². The highest BCUT2D eigenvalue weighted by molar-refractivity contribution is 5.66. The van der Waals surface area contributed by atoms with Crippen LogP contribution in [0.4, 0.5) is 0 Å². The Kier molecular flexibility index (Phi) is 4.53. The van der Waals surface area contributed by atoms with E-state index in [2.05, 4.69) is 27.7 Å². The van der Waals surface area contributed by atoms with E-state index < -0.39 is 0 Å². The van der Waals surface area contributed by atoms with Crippen LogP contribution in [-0.2, 0) is 19.1 Å². The van der Waals surface area contributed by atoms with Gasteiger partial charge in [0.25, 0.3) is 0 Å². The van der Waals surface area contributed by atoms with E-state index in [1.165, 1.54) is 6.92 Å². The second-order valence-corrected chi connectivity index (χ2v) is 9.28. The molecule has 4 heteroatoms. The van der Waals surface area contributed by atoms with Gasteiger partial charge in [0.05, 0.1) is 0 Å². The Morgan fingerprint density at radius 2 is 1.96 bits per heavy atom. The van der Waals surface area contributed by atoms with Crippen molar-refractivity contribution >= 4 is 12.3 Å². The summed E-state index contributed by atoms with van der Waals surface area (Å²) in [4.78, 5) is 22.7. The van der Waals surface area contributed by atoms with Crippen LogP contribution in [0.25, 0.3) is 0 Å². The fourth-order valence-corrected chi connectivity index (χ4v) is 6.63. The first kappa shape index (κ1) is 18.5. The Hall–Kier alpha value is -1.32. The minimum Gasteiger partial charge on any atom is -0.491 e. The van der Waals surface area contributed by atoms with Crippen molar-refractivity contribution in [1.82, 2.24) is 0 Å². The number of carbonyl (C=O) groups excluding carboxylic acids is 2. The lowest BCUT2D eigenvalue weighted by atomic mass is 9.43. The maximum Gasteiger partial charge on any atom is 0.302 e. The van der Waals surface area contributed by atoms with Crippen LogP contribution in [0, 0.1) is 22.7 Å². The van der Waals surface area contributed by atoms with Gasteiger partial charge in [0.15, 0.2) is 0 Å². The van der Waals surface area contributed by atoms with Crippen molar-refractivity contribution in [2.45, 2.75) is 84.8 Å². The topological polar surface area (TPSA) is 52.6 Å². The largest absolute Gasteiger partial charge is 0.491 e. The molecule has 0 aromatic carbocycles. The summed E-state index contributed by atoms with van der Waals surface area (Å²) in [6.45, 7) is 10.7. The molecule has 1 spiro atoms. The molecule has 2 aliphatic carbocycles. The molecule has 3 rings (SSSR count). The minimum absolute atomic E-state index is 0.0545. The number of ether oxygens (including phenoxy) is 2. The summed E-state index contributed by atoms with van der Waals surface area (Å²) in [7, 11) is 0. The van der Waals surface area contributed by atoms with Gasteiger partial charge >= 0.3 is 5.97 Å². The zero-order valence-electron chi connectivity index (χ0n) is 16.3. The number of rotatable bonds is 2. The van der Waals surface area contributed by atoms with E-state index in [0.29, 0.717) is 0 Å². The molecule has 3 fully saturated rings. The molecule has 1 aliphatic heterocycles. The zero-order chi connectivity index (χ0) is 18.5. The van der Waals surface area contributed by atoms with Crippen LogP contribution in [-0.4, -0.2) is 24.0 Å². The third kappa shape index (κ3) is 2.72. The number of hydrogen-bond donors (Lipinski definition) is 0. The van der Waals surface area contributed by atoms with Crippen molar-refractivity contribution in [3.8, 4) is 0 Å². The molecular formula is C21H32O4. The smallest absolute Gasteiger partial charge is 0.302 e. The van der Waals surface area contributed by atoms with Gasteiger partial charge in [-0.15, -0.1) is 0 Å². The molecule has 1 saturated heterocycles. The van der Waals surface area contributed by atoms with Gasteiger partial charge in [-0.05, 0) is 37.0 Å². The number of fused-ring (bicyclic) bond motifs is 2. The van der Waals surface area contributed by atoms with Crippen molar-refractivity contribution in [1.29, 1.82) is 0 Å². The highest BCUT2D eigenvalue weighted by atomic mass is 16.5. The van der Waals surface area contributed by atoms with E-state index in [1.807, 2.05) is 0 Å². The average Bonchev–Trinajstić information content (AvgIpc) is 2.90. The normalized spacial score (nSPS) is 44.2. The number of aldehydes is 1. The molecule has 0 bridgehead atoms. The van der Waals surface area contributed by atoms with Crippen molar-refractivity contribution in [3.05, 3.63) is 11.8 Å². The van der Waals surface area contributed by atoms with E-state index >= 15 is 0 Å². The van der Waals surface area contributed by atoms with Crippen LogP contribution >= 0.6 is 0 Å². The number of esters is 1. The fraction of sp³-hybridized carbons (Fsp3) is 0.810. The highest BCUT2D eigenvalue weighted by Gasteiger charge is 2.68. The molecule has 1 heterocycles. The molecule has 5 atom stereocenters. The highest BCUT2D eigenvalue weighted by Crippen LogP contribution is 2.67. The molecule has 5 unspecified atom stereocenters. The van der Waals surface area contributed by atoms with Crippen LogP contribution in [0.15, 0.2) is 11.8 Å². The minimum atomic E-state index is -0.263. The Bertz CT molecular complexity index is 593. The summed E-state index contributed by atoms with van der Waals surface area (Å²) >= 11 is 0. The molecule has 0 aromatic rings. The van der Waals surface area contributed by atoms with Gasteiger partial charge in [-0.1, -0.05) is 34.1 Å². The fourth-order valence-electron chi connectivity index (χ4n) is 6.63. The summed E-state index contributed by atoms with van der Waals surface area (Å²) in [6, 6.07) is 0. The van der Waals surface area contributed by atoms with E-state index in [1.54, 1.807) is 6.08 Å². The van der Waals surface area contributed by atoms with Crippen LogP contribution < -0.4 is 0 Å². The van der Waals surface area contributed by atoms with Gasteiger partial charge in [0.2, 0.25) is 0 Å². The molecule has 0 amide bonds. The van der Waals surface area contributed by atoms with E-state index in [9.17, 15) is 9.59 Å². The molecule has 2 saturated carbocycles. The second kappa shape index (κ2) is 6.14. The first-order valence-electron chi connectivity index (χ1n) is 9.67. The summed E-state index contributed by atoms with van der Waals surface area (Å²) in [5, 5.41) is 0. The molecule has 3 aliphatic rings. The van der Waals surface area contributed by atoms with Crippen molar-refractivity contribution in [3.63, 3.8) is 0 Å². The Labute approximate surface area is 151 Å². The molecule has 4 nitrogen and oxygen atoms in total. The number of carbonyl (C=O) groups is 2. The Balaban J connectivity index is 2.06. The van der Waals surface area contributed by atoms with Gasteiger partial charge in [-0.3, -0.25) is 9.59 Å². The molecular weight excluding hydrogens is 316 g/mol. The SMILES string of the molecule is CC(=O)OC1CC(C)C2(CCC(=CC=O)O2)C2(C)CCCC(C)(C)C12. The summed E-state index contributed by atoms with van der Waals surface area (Å²) in [6.07, 6.45) is 8.34. The van der Waals surface area contributed by atoms with Gasteiger partial charge in [-0.25, -0.2) is 0 Å². The summed E-state index contributed by atoms with van der Waals surface area (Å²) < 4.78 is 12.4. The second-order valence-electron chi connectivity index (χ2n) is 9.28. The molecule has 0 radical (unpaired) electrons. The number of hydrogen-bond acceptors (Lipinski definition) is 4. The third-order valence-corrected chi connectivity index (χ3v) is 7.39. The predicted octanol–water partition coefficient (Wildman–Crippen LogP) is 4.42. The summed E-state index contributed by atoms with van der Waals surface area (Å²) in [5.74, 6) is 1.18. The number of allylic oxidation sites excluding steroid dienone is 2. The molecule has 140 valence electrons. The molecule has 0 aromatic heterocycles. The Morgan fingerprint density at radius 1 is 1.24 bits per heavy atom. The first-order valence-corrected chi connectivity index (χ1v) is 9.67. The monoisotopic (exact) mass is 348 g/mol. The van der Waals surface area contributed by atoms with Crippen LogP contribution in [0.1, 0.15) is 73.1 Å². The summed E-state index contributed by atoms with van der Waals surface area (Å²) in [5.41, 5.74) is -0.230. The predicted molar refractivity (Wildman–Crippen MR) is 95.8 cm³/mol. The lowest BCUT2D eigenvalue weighted by Crippen LogP contribution is -2.66. The maximum atomic E-state index is 11.8. The van der Waals surface area contributed by atoms with Crippen LogP contribution in [0.5, 0.6) is 0 Å². The standard InChI is InChI=1S/C21H32O4/c1-14-13-17(24-15(2)23)18-19(3,4)9-6-10-20(18,5)21(14)11-7-16(25-21)8-12-22/h8,12,14,17-18H,6-7,9-11,13H2,1-5H3. The molecule has 0 N–H and O–H groups in total. The van der Waals surface area contributed by atoms with Gasteiger partial charge in [-0.2, -0.15) is 0 Å². The molecule has 25 heavy (non-hydrogen) atoms. The quantitative estimate of drug-likeness (QED) is 0.421. The third-order valence-electron chi connectivity index (χ3n) is 7.39. The lowest BCUT2D eigenvalue weighted by molar-refractivity contribution is -0.242. The van der Waals surface area contributed by atoms with Crippen molar-refractivity contribution < 1.29 is 19.1 Å². The first-order chi connectivity index (χ1) is 11.7. The maximum absolute atomic E-state index is 11.8. The lowest BCUT2D eigenvalue weighted by Gasteiger charge is -2.64. The zero-order valence-corrected chi connectivity index (χ0v) is 16.3. The van der Waals surface area contributed by atoms with Crippen LogP contribution in [0.2, 0.25) is 0 Å². The van der Waals surface area contributed by atoms with Gasteiger partial charge in [0.1, 0.15) is 23.8 Å². The van der Waals surface area contributed by atoms with E-state index in [-0.39, 0.29) is 40.3 Å². The van der Waals surface area contributed by atoms with Crippen LogP contribution in [0.3, 0.4) is 0 Å².